The van der Waals surface area contributed by atoms with Gasteiger partial charge < -0.3 is 4.74 Å². The summed E-state index contributed by atoms with van der Waals surface area (Å²) >= 11 is 0. The van der Waals surface area contributed by atoms with Crippen LogP contribution in [-0.2, 0) is 9.53 Å². The summed E-state index contributed by atoms with van der Waals surface area (Å²) in [5.74, 6) is -0.203. The molecule has 2 aromatic rings. The van der Waals surface area contributed by atoms with Gasteiger partial charge in [0.2, 0.25) is 0 Å². The Balaban J connectivity index is 1.56. The number of carbonyl (C=O) groups excluding carboxylic acids is 1. The maximum absolute atomic E-state index is 12.8. The smallest absolute Gasteiger partial charge is 0.338 e. The summed E-state index contributed by atoms with van der Waals surface area (Å²) in [6.45, 7) is 4.54. The molecule has 31 heavy (non-hydrogen) atoms. The third kappa shape index (κ3) is 6.32. The fraction of sp³-hybridized carbons (Fsp3) is 0.483. The second kappa shape index (κ2) is 12.5. The number of hydrogen-bond acceptors (Lipinski definition) is 2. The lowest BCUT2D eigenvalue weighted by Crippen LogP contribution is -2.09. The highest BCUT2D eigenvalue weighted by Gasteiger charge is 2.23. The van der Waals surface area contributed by atoms with Gasteiger partial charge >= 0.3 is 5.97 Å². The Kier molecular flexibility index (Phi) is 9.39. The molecule has 3 rings (SSSR count). The zero-order chi connectivity index (χ0) is 21.9. The maximum Gasteiger partial charge on any atom is 0.338 e. The Bertz CT molecular complexity index is 914. The SMILES string of the molecule is CCCCCCCCCCCCC=C(C(=O)OCC)C1=Cc2cccc3cccc1c23. The number of allylic oxidation sites excluding steroid dienone is 1. The van der Waals surface area contributed by atoms with Crippen molar-refractivity contribution in [3.63, 3.8) is 0 Å². The van der Waals surface area contributed by atoms with Gasteiger partial charge in [-0.05, 0) is 53.3 Å². The number of hydrogen-bond donors (Lipinski definition) is 0. The van der Waals surface area contributed by atoms with E-state index in [1.165, 1.54) is 74.1 Å². The predicted octanol–water partition coefficient (Wildman–Crippen LogP) is 8.49. The molecule has 0 aromatic heterocycles. The third-order valence-electron chi connectivity index (χ3n) is 6.22. The second-order valence-electron chi connectivity index (χ2n) is 8.62. The highest BCUT2D eigenvalue weighted by molar-refractivity contribution is 6.19. The van der Waals surface area contributed by atoms with Crippen LogP contribution in [0.15, 0.2) is 48.0 Å². The Morgan fingerprint density at radius 2 is 1.48 bits per heavy atom. The molecule has 2 heteroatoms. The Morgan fingerprint density at radius 1 is 0.839 bits per heavy atom. The summed E-state index contributed by atoms with van der Waals surface area (Å²) in [5, 5.41) is 2.47. The zero-order valence-electron chi connectivity index (χ0n) is 19.4. The maximum atomic E-state index is 12.8. The Morgan fingerprint density at radius 3 is 2.16 bits per heavy atom. The van der Waals surface area contributed by atoms with Crippen LogP contribution in [0.25, 0.3) is 22.4 Å². The quantitative estimate of drug-likeness (QED) is 0.175. The molecule has 1 aliphatic carbocycles. The van der Waals surface area contributed by atoms with Gasteiger partial charge in [0.1, 0.15) is 0 Å². The molecule has 0 bridgehead atoms. The molecule has 0 heterocycles. The lowest BCUT2D eigenvalue weighted by Gasteiger charge is -2.11. The van der Waals surface area contributed by atoms with Gasteiger partial charge in [0, 0.05) is 0 Å². The van der Waals surface area contributed by atoms with Crippen LogP contribution in [0.2, 0.25) is 0 Å². The average molecular weight is 419 g/mol. The molecule has 0 amide bonds. The van der Waals surface area contributed by atoms with E-state index in [9.17, 15) is 4.79 Å². The molecule has 2 aromatic carbocycles. The van der Waals surface area contributed by atoms with Gasteiger partial charge in [0.15, 0.2) is 0 Å². The molecule has 0 fully saturated rings. The first-order chi connectivity index (χ1) is 15.3. The van der Waals surface area contributed by atoms with Crippen molar-refractivity contribution in [1.82, 2.24) is 0 Å². The summed E-state index contributed by atoms with van der Waals surface area (Å²) in [4.78, 5) is 12.8. The first-order valence-electron chi connectivity index (χ1n) is 12.4. The van der Waals surface area contributed by atoms with Crippen molar-refractivity contribution in [2.45, 2.75) is 84.5 Å². The molecule has 0 radical (unpaired) electrons. The van der Waals surface area contributed by atoms with Crippen LogP contribution in [0.5, 0.6) is 0 Å². The third-order valence-corrected chi connectivity index (χ3v) is 6.22. The summed E-state index contributed by atoms with van der Waals surface area (Å²) < 4.78 is 5.41. The molecular formula is C29H38O2. The number of esters is 1. The number of carbonyl (C=O) groups is 1. The van der Waals surface area contributed by atoms with Crippen molar-refractivity contribution in [2.24, 2.45) is 0 Å². The van der Waals surface area contributed by atoms with E-state index in [2.05, 4.69) is 55.5 Å². The Hall–Kier alpha value is -2.35. The van der Waals surface area contributed by atoms with E-state index in [1.807, 2.05) is 6.92 Å². The monoisotopic (exact) mass is 418 g/mol. The largest absolute Gasteiger partial charge is 0.462 e. The van der Waals surface area contributed by atoms with E-state index in [4.69, 9.17) is 4.74 Å². The number of ether oxygens (including phenoxy) is 1. The minimum atomic E-state index is -0.203. The fourth-order valence-electron chi connectivity index (χ4n) is 4.56. The number of benzene rings is 2. The van der Waals surface area contributed by atoms with Gasteiger partial charge in [0.25, 0.3) is 0 Å². The van der Waals surface area contributed by atoms with Gasteiger partial charge in [-0.15, -0.1) is 0 Å². The van der Waals surface area contributed by atoms with Gasteiger partial charge in [-0.2, -0.15) is 0 Å². The lowest BCUT2D eigenvalue weighted by atomic mass is 9.96. The molecule has 0 aliphatic heterocycles. The first-order valence-corrected chi connectivity index (χ1v) is 12.4. The summed E-state index contributed by atoms with van der Waals surface area (Å²) in [7, 11) is 0. The van der Waals surface area contributed by atoms with Gasteiger partial charge in [0.05, 0.1) is 12.2 Å². The van der Waals surface area contributed by atoms with Crippen molar-refractivity contribution >= 4 is 28.4 Å². The summed E-state index contributed by atoms with van der Waals surface area (Å²) in [6, 6.07) is 12.7. The van der Waals surface area contributed by atoms with Crippen LogP contribution in [0.4, 0.5) is 0 Å². The molecule has 0 unspecified atom stereocenters. The van der Waals surface area contributed by atoms with Crippen molar-refractivity contribution in [3.8, 4) is 0 Å². The molecule has 0 saturated heterocycles. The second-order valence-corrected chi connectivity index (χ2v) is 8.62. The number of rotatable bonds is 14. The molecule has 166 valence electrons. The minimum absolute atomic E-state index is 0.203. The van der Waals surface area contributed by atoms with Gasteiger partial charge in [-0.3, -0.25) is 0 Å². The van der Waals surface area contributed by atoms with Crippen molar-refractivity contribution in [1.29, 1.82) is 0 Å². The molecule has 0 spiro atoms. The van der Waals surface area contributed by atoms with Crippen molar-refractivity contribution in [2.75, 3.05) is 6.61 Å². The fourth-order valence-corrected chi connectivity index (χ4v) is 4.56. The molecule has 1 aliphatic rings. The van der Waals surface area contributed by atoms with E-state index in [-0.39, 0.29) is 5.97 Å². The van der Waals surface area contributed by atoms with E-state index in [0.717, 1.165) is 29.6 Å². The molecule has 0 atom stereocenters. The van der Waals surface area contributed by atoms with Gasteiger partial charge in [-0.25, -0.2) is 4.79 Å². The van der Waals surface area contributed by atoms with E-state index >= 15 is 0 Å². The lowest BCUT2D eigenvalue weighted by molar-refractivity contribution is -0.138. The topological polar surface area (TPSA) is 26.3 Å². The van der Waals surface area contributed by atoms with Crippen molar-refractivity contribution < 1.29 is 9.53 Å². The normalized spacial score (nSPS) is 13.0. The molecule has 0 N–H and O–H groups in total. The van der Waals surface area contributed by atoms with Crippen LogP contribution < -0.4 is 0 Å². The van der Waals surface area contributed by atoms with E-state index in [1.54, 1.807) is 0 Å². The zero-order valence-corrected chi connectivity index (χ0v) is 19.4. The van der Waals surface area contributed by atoms with Crippen LogP contribution in [0.1, 0.15) is 95.6 Å². The van der Waals surface area contributed by atoms with Crippen LogP contribution in [0, 0.1) is 0 Å². The van der Waals surface area contributed by atoms with Gasteiger partial charge in [-0.1, -0.05) is 107 Å². The predicted molar refractivity (Wildman–Crippen MR) is 133 cm³/mol. The molecular weight excluding hydrogens is 380 g/mol. The Labute approximate surface area is 188 Å². The first kappa shape index (κ1) is 23.3. The van der Waals surface area contributed by atoms with Crippen LogP contribution >= 0.6 is 0 Å². The van der Waals surface area contributed by atoms with Crippen LogP contribution in [0.3, 0.4) is 0 Å². The van der Waals surface area contributed by atoms with Crippen LogP contribution in [-0.4, -0.2) is 12.6 Å². The summed E-state index contributed by atoms with van der Waals surface area (Å²) in [6.07, 6.45) is 18.4. The average Bonchev–Trinajstić information content (AvgIpc) is 3.15. The van der Waals surface area contributed by atoms with E-state index < -0.39 is 0 Å². The minimum Gasteiger partial charge on any atom is -0.462 e. The van der Waals surface area contributed by atoms with E-state index in [0.29, 0.717) is 6.61 Å². The number of unbranched alkanes of at least 4 members (excludes halogenated alkanes) is 10. The molecule has 0 saturated carbocycles. The standard InChI is InChI=1S/C29H38O2/c1-3-5-6-7-8-9-10-11-12-13-14-20-26(29(30)31-4-2)27-22-24-19-15-17-23-18-16-21-25(27)28(23)24/h15-22H,3-14H2,1-2H3. The van der Waals surface area contributed by atoms with Crippen molar-refractivity contribution in [3.05, 3.63) is 59.2 Å². The molecule has 2 nitrogen and oxygen atoms in total. The summed E-state index contributed by atoms with van der Waals surface area (Å²) in [5.41, 5.74) is 4.08. The highest BCUT2D eigenvalue weighted by atomic mass is 16.5. The highest BCUT2D eigenvalue weighted by Crippen LogP contribution is 2.40.